The number of anilines is 3. The lowest BCUT2D eigenvalue weighted by Gasteiger charge is -2.35. The van der Waals surface area contributed by atoms with E-state index in [9.17, 15) is 0 Å². The van der Waals surface area contributed by atoms with Crippen LogP contribution in [0.1, 0.15) is 30.5 Å². The maximum atomic E-state index is 7.03. The summed E-state index contributed by atoms with van der Waals surface area (Å²) in [6, 6.07) is 55.7. The van der Waals surface area contributed by atoms with E-state index in [4.69, 9.17) is 4.42 Å². The van der Waals surface area contributed by atoms with Crippen LogP contribution in [0.3, 0.4) is 0 Å². The van der Waals surface area contributed by atoms with Crippen LogP contribution in [-0.2, 0) is 5.41 Å². The summed E-state index contributed by atoms with van der Waals surface area (Å²) < 4.78 is 12.2. The molecule has 0 saturated heterocycles. The minimum atomic E-state index is -0.124. The Kier molecular flexibility index (Phi) is 5.44. The van der Waals surface area contributed by atoms with Crippen molar-refractivity contribution in [3.05, 3.63) is 168 Å². The number of hydrogen-bond donors (Lipinski definition) is 0. The molecular formula is C50H34BN3O. The lowest BCUT2D eigenvalue weighted by Crippen LogP contribution is -2.59. The van der Waals surface area contributed by atoms with E-state index in [1.54, 1.807) is 0 Å². The van der Waals surface area contributed by atoms with Gasteiger partial charge in [-0.1, -0.05) is 111 Å². The van der Waals surface area contributed by atoms with Crippen LogP contribution in [0.25, 0.3) is 66.5 Å². The zero-order valence-corrected chi connectivity index (χ0v) is 30.8. The summed E-state index contributed by atoms with van der Waals surface area (Å²) >= 11 is 0. The van der Waals surface area contributed by atoms with Gasteiger partial charge in [0, 0.05) is 50.0 Å². The van der Waals surface area contributed by atoms with E-state index < -0.39 is 0 Å². The van der Waals surface area contributed by atoms with Gasteiger partial charge in [0.15, 0.2) is 5.58 Å². The normalized spacial score (nSPS) is 14.2. The molecule has 0 atom stereocenters. The lowest BCUT2D eigenvalue weighted by molar-refractivity contribution is 0.666. The Morgan fingerprint density at radius 2 is 1.25 bits per heavy atom. The molecule has 0 unspecified atom stereocenters. The molecule has 4 nitrogen and oxygen atoms in total. The number of aromatic nitrogens is 2. The van der Waals surface area contributed by atoms with Crippen LogP contribution in [-0.4, -0.2) is 15.8 Å². The third-order valence-electron chi connectivity index (χ3n) is 12.9. The van der Waals surface area contributed by atoms with Gasteiger partial charge in [-0.3, -0.25) is 0 Å². The molecule has 0 bridgehead atoms. The Bertz CT molecular complexity index is 3270. The van der Waals surface area contributed by atoms with E-state index >= 15 is 0 Å². The van der Waals surface area contributed by atoms with Crippen LogP contribution in [0, 0.1) is 6.92 Å². The van der Waals surface area contributed by atoms with E-state index in [-0.39, 0.29) is 12.1 Å². The van der Waals surface area contributed by atoms with Crippen LogP contribution in [0.2, 0.25) is 0 Å². The zero-order valence-electron chi connectivity index (χ0n) is 30.8. The Morgan fingerprint density at radius 3 is 2.04 bits per heavy atom. The highest BCUT2D eigenvalue weighted by atomic mass is 16.3. The van der Waals surface area contributed by atoms with Gasteiger partial charge in [-0.15, -0.1) is 0 Å². The van der Waals surface area contributed by atoms with E-state index in [0.29, 0.717) is 0 Å². The molecule has 5 heterocycles. The van der Waals surface area contributed by atoms with Crippen molar-refractivity contribution in [3.8, 4) is 22.6 Å². The summed E-state index contributed by atoms with van der Waals surface area (Å²) in [5.74, 6) is 0. The first-order valence-electron chi connectivity index (χ1n) is 19.3. The third-order valence-corrected chi connectivity index (χ3v) is 12.9. The van der Waals surface area contributed by atoms with Crippen molar-refractivity contribution in [2.75, 3.05) is 4.90 Å². The van der Waals surface area contributed by atoms with Crippen LogP contribution in [0.15, 0.2) is 156 Å². The first-order chi connectivity index (χ1) is 27.0. The topological polar surface area (TPSA) is 26.2 Å². The van der Waals surface area contributed by atoms with Gasteiger partial charge in [-0.2, -0.15) is 0 Å². The molecule has 0 amide bonds. The number of hydrogen-bond acceptors (Lipinski definition) is 2. The van der Waals surface area contributed by atoms with Gasteiger partial charge in [0.05, 0.1) is 22.3 Å². The molecule has 0 fully saturated rings. The largest absolute Gasteiger partial charge is 0.454 e. The number of para-hydroxylation sites is 4. The quantitative estimate of drug-likeness (QED) is 0.171. The van der Waals surface area contributed by atoms with Crippen molar-refractivity contribution in [1.82, 2.24) is 9.13 Å². The molecule has 1 aliphatic carbocycles. The molecule has 3 aliphatic rings. The average Bonchev–Trinajstić information content (AvgIpc) is 3.93. The Balaban J connectivity index is 1.22. The number of rotatable bonds is 3. The summed E-state index contributed by atoms with van der Waals surface area (Å²) in [4.78, 5) is 2.39. The summed E-state index contributed by atoms with van der Waals surface area (Å²) in [7, 11) is 0. The van der Waals surface area contributed by atoms with E-state index in [1.807, 2.05) is 0 Å². The number of benzene rings is 7. The van der Waals surface area contributed by atoms with Gasteiger partial charge >= 0.3 is 0 Å². The predicted octanol–water partition coefficient (Wildman–Crippen LogP) is 10.7. The maximum Gasteiger partial charge on any atom is 0.252 e. The molecule has 5 heteroatoms. The molecular weight excluding hydrogens is 669 g/mol. The van der Waals surface area contributed by atoms with Crippen molar-refractivity contribution < 1.29 is 4.42 Å². The number of nitrogens with zero attached hydrogens (tertiary/aromatic N) is 3. The SMILES string of the molecule is Cc1cc2c3c(c1)-n1c4c(ccc(N(c5ccccc5)c5ccccc5)c4c4oc5ccccc5c41)B3c1cccc3c4c(n-2c13)-c1ccccc1C4(C)C. The number of aryl methyl sites for hydroxylation is 1. The summed E-state index contributed by atoms with van der Waals surface area (Å²) in [6.07, 6.45) is 0. The smallest absolute Gasteiger partial charge is 0.252 e. The lowest BCUT2D eigenvalue weighted by atomic mass is 9.34. The Labute approximate surface area is 318 Å². The molecule has 10 aromatic rings. The van der Waals surface area contributed by atoms with Crippen LogP contribution >= 0.6 is 0 Å². The summed E-state index contributed by atoms with van der Waals surface area (Å²) in [5, 5.41) is 3.62. The third kappa shape index (κ3) is 3.51. The van der Waals surface area contributed by atoms with Gasteiger partial charge in [0.1, 0.15) is 11.1 Å². The molecule has 3 aromatic heterocycles. The fraction of sp³-hybridized carbons (Fsp3) is 0.0800. The van der Waals surface area contributed by atoms with Crippen LogP contribution < -0.4 is 21.3 Å². The highest BCUT2D eigenvalue weighted by Gasteiger charge is 2.47. The van der Waals surface area contributed by atoms with Crippen molar-refractivity contribution >= 4 is 84.0 Å². The number of furan rings is 1. The molecule has 258 valence electrons. The second kappa shape index (κ2) is 10.1. The van der Waals surface area contributed by atoms with Gasteiger partial charge in [0.25, 0.3) is 6.71 Å². The van der Waals surface area contributed by atoms with Gasteiger partial charge in [-0.25, -0.2) is 0 Å². The van der Waals surface area contributed by atoms with Crippen LogP contribution in [0.4, 0.5) is 17.1 Å². The molecule has 0 N–H and O–H groups in total. The van der Waals surface area contributed by atoms with E-state index in [1.165, 1.54) is 72.1 Å². The molecule has 7 aromatic carbocycles. The van der Waals surface area contributed by atoms with Gasteiger partial charge in [-0.05, 0) is 94.6 Å². The summed E-state index contributed by atoms with van der Waals surface area (Å²) in [5.41, 5.74) is 22.0. The molecule has 0 saturated carbocycles. The minimum absolute atomic E-state index is 0.0476. The van der Waals surface area contributed by atoms with Crippen molar-refractivity contribution in [2.45, 2.75) is 26.2 Å². The maximum absolute atomic E-state index is 7.03. The average molecular weight is 704 g/mol. The van der Waals surface area contributed by atoms with Crippen molar-refractivity contribution in [3.63, 3.8) is 0 Å². The second-order valence-corrected chi connectivity index (χ2v) is 16.1. The molecule has 0 radical (unpaired) electrons. The molecule has 13 rings (SSSR count). The first-order valence-corrected chi connectivity index (χ1v) is 19.3. The molecule has 55 heavy (non-hydrogen) atoms. The fourth-order valence-corrected chi connectivity index (χ4v) is 10.8. The van der Waals surface area contributed by atoms with Crippen molar-refractivity contribution in [1.29, 1.82) is 0 Å². The van der Waals surface area contributed by atoms with Gasteiger partial charge in [0.2, 0.25) is 0 Å². The fourth-order valence-electron chi connectivity index (χ4n) is 10.8. The van der Waals surface area contributed by atoms with Crippen LogP contribution in [0.5, 0.6) is 0 Å². The molecule has 0 spiro atoms. The van der Waals surface area contributed by atoms with E-state index in [0.717, 1.165) is 44.5 Å². The van der Waals surface area contributed by atoms with Gasteiger partial charge < -0.3 is 18.5 Å². The Morgan fingerprint density at radius 1 is 0.600 bits per heavy atom. The zero-order chi connectivity index (χ0) is 36.3. The number of fused-ring (bicyclic) bond motifs is 14. The van der Waals surface area contributed by atoms with E-state index in [2.05, 4.69) is 186 Å². The second-order valence-electron chi connectivity index (χ2n) is 16.1. The first kappa shape index (κ1) is 29.7. The highest BCUT2D eigenvalue weighted by Crippen LogP contribution is 2.54. The monoisotopic (exact) mass is 703 g/mol. The predicted molar refractivity (Wildman–Crippen MR) is 229 cm³/mol. The Hall–Kier alpha value is -6.72. The summed E-state index contributed by atoms with van der Waals surface area (Å²) in [6.45, 7) is 7.12. The minimum Gasteiger partial charge on any atom is -0.454 e. The van der Waals surface area contributed by atoms with Crippen molar-refractivity contribution in [2.24, 2.45) is 0 Å². The highest BCUT2D eigenvalue weighted by molar-refractivity contribution is 7.00. The standard InChI is InChI=1S/C50H34BN3O/c1-29-27-39-44-40(28-29)54-47-33-20-11-13-24-41(33)55-49(47)42-38(52(30-15-6-4-7-16-30)31-17-8-5-9-18-31)26-25-37(48(42)54)51(44)36-23-14-21-34-43-46(53(39)45(34)36)32-19-10-12-22-35(32)50(43,2)3/h4-28H,1-3H3. The molecule has 2 aliphatic heterocycles.